The van der Waals surface area contributed by atoms with Gasteiger partial charge >= 0.3 is 0 Å². The molecule has 5 nitrogen and oxygen atoms in total. The van der Waals surface area contributed by atoms with E-state index in [2.05, 4.69) is 34.7 Å². The van der Waals surface area contributed by atoms with E-state index >= 15 is 0 Å². The molecular formula is C19H25IO5S. The minimum Gasteiger partial charge on any atom is -0.357 e. The highest BCUT2D eigenvalue weighted by atomic mass is 127. The molecule has 3 saturated heterocycles. The van der Waals surface area contributed by atoms with Gasteiger partial charge in [0.05, 0.1) is 10.5 Å². The molecule has 0 amide bonds. The van der Waals surface area contributed by atoms with Crippen LogP contribution in [0, 0.1) is 0 Å². The number of halogens is 1. The molecule has 3 aliphatic rings. The summed E-state index contributed by atoms with van der Waals surface area (Å²) in [5, 5.41) is 0. The fourth-order valence-electron chi connectivity index (χ4n) is 3.68. The first-order chi connectivity index (χ1) is 12.2. The van der Waals surface area contributed by atoms with E-state index in [4.69, 9.17) is 23.7 Å². The summed E-state index contributed by atoms with van der Waals surface area (Å²) < 4.78 is 31.1. The second-order valence-electron chi connectivity index (χ2n) is 7.78. The highest BCUT2D eigenvalue weighted by Gasteiger charge is 2.58. The van der Waals surface area contributed by atoms with Gasteiger partial charge in [0.2, 0.25) is 0 Å². The van der Waals surface area contributed by atoms with E-state index in [-0.39, 0.29) is 33.8 Å². The maximum absolute atomic E-state index is 6.53. The Balaban J connectivity index is 1.58. The van der Waals surface area contributed by atoms with Crippen molar-refractivity contribution in [1.29, 1.82) is 0 Å². The highest BCUT2D eigenvalue weighted by molar-refractivity contribution is 14.1. The van der Waals surface area contributed by atoms with Crippen LogP contribution >= 0.6 is 34.4 Å². The first kappa shape index (κ1) is 19.4. The van der Waals surface area contributed by atoms with Gasteiger partial charge in [0.15, 0.2) is 11.6 Å². The third kappa shape index (κ3) is 3.94. The van der Waals surface area contributed by atoms with Crippen molar-refractivity contribution in [2.45, 2.75) is 77.9 Å². The van der Waals surface area contributed by atoms with Gasteiger partial charge in [0.25, 0.3) is 0 Å². The lowest BCUT2D eigenvalue weighted by molar-refractivity contribution is -0.192. The van der Waals surface area contributed by atoms with E-state index in [9.17, 15) is 0 Å². The Labute approximate surface area is 172 Å². The number of hydrogen-bond donors (Lipinski definition) is 0. The van der Waals surface area contributed by atoms with Crippen LogP contribution in [0.5, 0.6) is 0 Å². The molecule has 0 bridgehead atoms. The van der Waals surface area contributed by atoms with Gasteiger partial charge in [-0.1, -0.05) is 52.6 Å². The first-order valence-corrected chi connectivity index (χ1v) is 11.1. The number of benzene rings is 1. The van der Waals surface area contributed by atoms with E-state index in [0.717, 1.165) is 0 Å². The molecule has 0 spiro atoms. The number of alkyl halides is 1. The predicted octanol–water partition coefficient (Wildman–Crippen LogP) is 3.98. The summed E-state index contributed by atoms with van der Waals surface area (Å²) in [6.07, 6.45) is -0.603. The molecule has 0 radical (unpaired) electrons. The number of ether oxygens (including phenoxy) is 5. The lowest BCUT2D eigenvalue weighted by Crippen LogP contribution is -2.57. The van der Waals surface area contributed by atoms with Crippen LogP contribution in [0.1, 0.15) is 27.7 Å². The second kappa shape index (κ2) is 7.17. The SMILES string of the molecule is CC1(C)O[C@@H]2[C@H](O1)[C@H](I)[C@@H](Sc1ccccc1)O[C@@H]2[C@H]1COC(C)(C)O1. The van der Waals surface area contributed by atoms with Crippen LogP contribution in [0.4, 0.5) is 0 Å². The molecule has 0 N–H and O–H groups in total. The Morgan fingerprint density at radius 2 is 1.62 bits per heavy atom. The Bertz CT molecular complexity index is 640. The Hall–Kier alpha value is 0.1000. The third-order valence-electron chi connectivity index (χ3n) is 4.74. The van der Waals surface area contributed by atoms with Crippen LogP contribution in [-0.4, -0.2) is 52.0 Å². The molecule has 1 aromatic carbocycles. The molecule has 0 unspecified atom stereocenters. The van der Waals surface area contributed by atoms with Crippen LogP contribution in [0.15, 0.2) is 35.2 Å². The highest BCUT2D eigenvalue weighted by Crippen LogP contribution is 2.46. The molecule has 4 rings (SSSR count). The topological polar surface area (TPSA) is 46.2 Å². The summed E-state index contributed by atoms with van der Waals surface area (Å²) >= 11 is 4.16. The molecule has 6 atom stereocenters. The van der Waals surface area contributed by atoms with Crippen LogP contribution < -0.4 is 0 Å². The van der Waals surface area contributed by atoms with Gasteiger partial charge in [0.1, 0.15) is 29.9 Å². The maximum Gasteiger partial charge on any atom is 0.163 e. The molecule has 0 aromatic heterocycles. The summed E-state index contributed by atoms with van der Waals surface area (Å²) in [6.45, 7) is 8.28. The van der Waals surface area contributed by atoms with E-state index < -0.39 is 11.6 Å². The summed E-state index contributed by atoms with van der Waals surface area (Å²) in [5.74, 6) is -1.22. The molecule has 0 aliphatic carbocycles. The Kier molecular flexibility index (Phi) is 5.35. The fourth-order valence-corrected chi connectivity index (χ4v) is 5.90. The number of thioether (sulfide) groups is 1. The van der Waals surface area contributed by atoms with Crippen molar-refractivity contribution in [3.63, 3.8) is 0 Å². The van der Waals surface area contributed by atoms with Crippen LogP contribution in [-0.2, 0) is 23.7 Å². The number of fused-ring (bicyclic) bond motifs is 1. The zero-order valence-electron chi connectivity index (χ0n) is 15.4. The summed E-state index contributed by atoms with van der Waals surface area (Å²) in [7, 11) is 0. The van der Waals surface area contributed by atoms with Crippen molar-refractivity contribution < 1.29 is 23.7 Å². The minimum atomic E-state index is -0.623. The van der Waals surface area contributed by atoms with Gasteiger partial charge in [-0.2, -0.15) is 0 Å². The van der Waals surface area contributed by atoms with Gasteiger partial charge < -0.3 is 23.7 Å². The molecule has 1 aromatic rings. The summed E-state index contributed by atoms with van der Waals surface area (Å²) in [4.78, 5) is 1.18. The largest absolute Gasteiger partial charge is 0.357 e. The average molecular weight is 492 g/mol. The molecule has 26 heavy (non-hydrogen) atoms. The van der Waals surface area contributed by atoms with Gasteiger partial charge in [-0.3, -0.25) is 0 Å². The average Bonchev–Trinajstić information content (AvgIpc) is 3.10. The molecule has 7 heteroatoms. The molecular weight excluding hydrogens is 467 g/mol. The van der Waals surface area contributed by atoms with E-state index in [0.29, 0.717) is 6.61 Å². The van der Waals surface area contributed by atoms with Crippen LogP contribution in [0.3, 0.4) is 0 Å². The van der Waals surface area contributed by atoms with Gasteiger partial charge in [-0.15, -0.1) is 0 Å². The van der Waals surface area contributed by atoms with E-state index in [1.807, 2.05) is 45.9 Å². The monoisotopic (exact) mass is 492 g/mol. The second-order valence-corrected chi connectivity index (χ2v) is 10.4. The van der Waals surface area contributed by atoms with Gasteiger partial charge in [-0.05, 0) is 39.8 Å². The molecule has 3 aliphatic heterocycles. The van der Waals surface area contributed by atoms with Crippen molar-refractivity contribution in [2.24, 2.45) is 0 Å². The standard InChI is InChI=1S/C19H25IO5S/c1-18(2)21-10-12(23-18)14-16-15(24-19(3,4)25-16)13(20)17(22-14)26-11-8-6-5-7-9-11/h5-9,12-17H,10H2,1-4H3/t12-,13+,14-,15-,16+,17-/m1/s1. The predicted molar refractivity (Wildman–Crippen MR) is 107 cm³/mol. The van der Waals surface area contributed by atoms with Crippen molar-refractivity contribution in [3.8, 4) is 0 Å². The van der Waals surface area contributed by atoms with E-state index in [1.165, 1.54) is 4.90 Å². The Morgan fingerprint density at radius 1 is 0.923 bits per heavy atom. The van der Waals surface area contributed by atoms with Crippen molar-refractivity contribution in [2.75, 3.05) is 6.61 Å². The Morgan fingerprint density at radius 3 is 2.27 bits per heavy atom. The van der Waals surface area contributed by atoms with Gasteiger partial charge in [0, 0.05) is 4.90 Å². The van der Waals surface area contributed by atoms with Crippen LogP contribution in [0.2, 0.25) is 0 Å². The first-order valence-electron chi connectivity index (χ1n) is 8.93. The van der Waals surface area contributed by atoms with Crippen molar-refractivity contribution in [3.05, 3.63) is 30.3 Å². The van der Waals surface area contributed by atoms with Crippen LogP contribution in [0.25, 0.3) is 0 Å². The number of hydrogen-bond acceptors (Lipinski definition) is 6. The van der Waals surface area contributed by atoms with Gasteiger partial charge in [-0.25, -0.2) is 0 Å². The lowest BCUT2D eigenvalue weighted by Gasteiger charge is -2.41. The molecule has 0 saturated carbocycles. The minimum absolute atomic E-state index is 0.0436. The van der Waals surface area contributed by atoms with Crippen molar-refractivity contribution >= 4 is 34.4 Å². The molecule has 3 heterocycles. The molecule has 3 fully saturated rings. The van der Waals surface area contributed by atoms with E-state index in [1.54, 1.807) is 11.8 Å². The zero-order chi connectivity index (χ0) is 18.5. The smallest absolute Gasteiger partial charge is 0.163 e. The quantitative estimate of drug-likeness (QED) is 0.470. The normalized spacial score (nSPS) is 41.1. The zero-order valence-corrected chi connectivity index (χ0v) is 18.4. The lowest BCUT2D eigenvalue weighted by atomic mass is 9.98. The molecule has 144 valence electrons. The maximum atomic E-state index is 6.53. The fraction of sp³-hybridized carbons (Fsp3) is 0.684. The summed E-state index contributed by atoms with van der Waals surface area (Å²) in [6, 6.07) is 10.3. The summed E-state index contributed by atoms with van der Waals surface area (Å²) in [5.41, 5.74) is -0.0472. The number of rotatable bonds is 3. The van der Waals surface area contributed by atoms with Crippen molar-refractivity contribution in [1.82, 2.24) is 0 Å². The third-order valence-corrected chi connectivity index (χ3v) is 7.78.